The SMILES string of the molecule is CCOC(=O)CCC(C)=CCc1c(O)c2c(c(C)c1OC)COC2=O. The van der Waals surface area contributed by atoms with Crippen molar-refractivity contribution >= 4 is 11.9 Å². The Morgan fingerprint density at radius 3 is 2.72 bits per heavy atom. The molecule has 25 heavy (non-hydrogen) atoms. The van der Waals surface area contributed by atoms with Gasteiger partial charge in [0, 0.05) is 17.5 Å². The summed E-state index contributed by atoms with van der Waals surface area (Å²) in [5.41, 5.74) is 3.24. The molecule has 6 nitrogen and oxygen atoms in total. The van der Waals surface area contributed by atoms with Gasteiger partial charge in [-0.05, 0) is 39.2 Å². The Morgan fingerprint density at radius 1 is 1.36 bits per heavy atom. The molecule has 0 atom stereocenters. The van der Waals surface area contributed by atoms with Gasteiger partial charge in [0.15, 0.2) is 0 Å². The second-order valence-corrected chi connectivity index (χ2v) is 5.97. The summed E-state index contributed by atoms with van der Waals surface area (Å²) < 4.78 is 15.4. The van der Waals surface area contributed by atoms with Gasteiger partial charge >= 0.3 is 11.9 Å². The number of rotatable bonds is 7. The molecule has 2 rings (SSSR count). The van der Waals surface area contributed by atoms with E-state index in [1.54, 1.807) is 6.92 Å². The first-order chi connectivity index (χ1) is 11.9. The molecular weight excluding hydrogens is 324 g/mol. The molecule has 1 heterocycles. The average molecular weight is 348 g/mol. The molecule has 0 bridgehead atoms. The first-order valence-electron chi connectivity index (χ1n) is 8.30. The quantitative estimate of drug-likeness (QED) is 0.602. The Bertz CT molecular complexity index is 717. The van der Waals surface area contributed by atoms with E-state index in [1.807, 2.05) is 19.9 Å². The van der Waals surface area contributed by atoms with Gasteiger partial charge in [-0.25, -0.2) is 4.79 Å². The van der Waals surface area contributed by atoms with Crippen LogP contribution in [0.15, 0.2) is 11.6 Å². The molecule has 0 unspecified atom stereocenters. The van der Waals surface area contributed by atoms with Crippen molar-refractivity contribution in [2.75, 3.05) is 13.7 Å². The topological polar surface area (TPSA) is 82.1 Å². The number of phenolic OH excluding ortho intramolecular Hbond substituents is 1. The smallest absolute Gasteiger partial charge is 0.342 e. The molecule has 136 valence electrons. The minimum atomic E-state index is -0.512. The standard InChI is InChI=1S/C19H24O6/c1-5-24-15(20)9-7-11(2)6-8-13-17(21)16-14(10-25-19(16)22)12(3)18(13)23-4/h6,21H,5,7-10H2,1-4H3. The number of hydrogen-bond acceptors (Lipinski definition) is 6. The Hall–Kier alpha value is -2.50. The van der Waals surface area contributed by atoms with Crippen molar-refractivity contribution in [1.29, 1.82) is 0 Å². The highest BCUT2D eigenvalue weighted by molar-refractivity contribution is 5.98. The number of esters is 2. The first-order valence-corrected chi connectivity index (χ1v) is 8.30. The molecule has 1 aliphatic heterocycles. The molecule has 1 aromatic rings. The molecular formula is C19H24O6. The number of ether oxygens (including phenoxy) is 3. The predicted octanol–water partition coefficient (Wildman–Crippen LogP) is 3.21. The number of carbonyl (C=O) groups is 2. The lowest BCUT2D eigenvalue weighted by atomic mass is 9.94. The highest BCUT2D eigenvalue weighted by atomic mass is 16.5. The van der Waals surface area contributed by atoms with E-state index in [2.05, 4.69) is 0 Å². The van der Waals surface area contributed by atoms with Gasteiger partial charge in [0.2, 0.25) is 0 Å². The lowest BCUT2D eigenvalue weighted by Gasteiger charge is -2.15. The van der Waals surface area contributed by atoms with E-state index in [-0.39, 0.29) is 23.9 Å². The molecule has 0 saturated carbocycles. The maximum atomic E-state index is 11.9. The second-order valence-electron chi connectivity index (χ2n) is 5.97. The van der Waals surface area contributed by atoms with E-state index in [0.29, 0.717) is 42.7 Å². The van der Waals surface area contributed by atoms with Gasteiger partial charge in [-0.2, -0.15) is 0 Å². The van der Waals surface area contributed by atoms with Crippen LogP contribution in [-0.2, 0) is 27.3 Å². The molecule has 1 aliphatic rings. The molecule has 0 amide bonds. The monoisotopic (exact) mass is 348 g/mol. The predicted molar refractivity (Wildman–Crippen MR) is 91.8 cm³/mol. The maximum absolute atomic E-state index is 11.9. The first kappa shape index (κ1) is 18.8. The normalized spacial score (nSPS) is 13.4. The molecule has 1 N–H and O–H groups in total. The van der Waals surface area contributed by atoms with Gasteiger partial charge in [-0.1, -0.05) is 11.6 Å². The number of phenols is 1. The zero-order valence-corrected chi connectivity index (χ0v) is 15.1. The number of allylic oxidation sites excluding steroid dienone is 2. The van der Waals surface area contributed by atoms with E-state index < -0.39 is 5.97 Å². The zero-order chi connectivity index (χ0) is 18.6. The molecule has 0 aromatic heterocycles. The van der Waals surface area contributed by atoms with Crippen molar-refractivity contribution in [3.8, 4) is 11.5 Å². The third-order valence-electron chi connectivity index (χ3n) is 4.33. The molecule has 0 saturated heterocycles. The number of aromatic hydroxyl groups is 1. The van der Waals surface area contributed by atoms with Crippen molar-refractivity contribution in [2.24, 2.45) is 0 Å². The summed E-state index contributed by atoms with van der Waals surface area (Å²) in [6.07, 6.45) is 3.21. The summed E-state index contributed by atoms with van der Waals surface area (Å²) in [7, 11) is 1.53. The molecule has 0 spiro atoms. The Kier molecular flexibility index (Phi) is 6.07. The van der Waals surface area contributed by atoms with E-state index in [4.69, 9.17) is 14.2 Å². The third-order valence-corrected chi connectivity index (χ3v) is 4.33. The van der Waals surface area contributed by atoms with E-state index in [9.17, 15) is 14.7 Å². The van der Waals surface area contributed by atoms with Gasteiger partial charge in [-0.15, -0.1) is 0 Å². The largest absolute Gasteiger partial charge is 0.507 e. The zero-order valence-electron chi connectivity index (χ0n) is 15.1. The lowest BCUT2D eigenvalue weighted by molar-refractivity contribution is -0.143. The molecule has 1 aromatic carbocycles. The fourth-order valence-corrected chi connectivity index (χ4v) is 2.94. The van der Waals surface area contributed by atoms with Crippen LogP contribution in [0.2, 0.25) is 0 Å². The van der Waals surface area contributed by atoms with Crippen molar-refractivity contribution in [1.82, 2.24) is 0 Å². The summed E-state index contributed by atoms with van der Waals surface area (Å²) in [6, 6.07) is 0. The highest BCUT2D eigenvalue weighted by Crippen LogP contribution is 2.42. The van der Waals surface area contributed by atoms with Gasteiger partial charge < -0.3 is 19.3 Å². The molecule has 0 aliphatic carbocycles. The van der Waals surface area contributed by atoms with Gasteiger partial charge in [0.25, 0.3) is 0 Å². The average Bonchev–Trinajstić information content (AvgIpc) is 2.97. The molecule has 6 heteroatoms. The summed E-state index contributed by atoms with van der Waals surface area (Å²) >= 11 is 0. The van der Waals surface area contributed by atoms with Crippen LogP contribution in [0.4, 0.5) is 0 Å². The number of methoxy groups -OCH3 is 1. The van der Waals surface area contributed by atoms with Crippen molar-refractivity contribution in [3.63, 3.8) is 0 Å². The summed E-state index contributed by atoms with van der Waals surface area (Å²) in [4.78, 5) is 23.3. The fraction of sp³-hybridized carbons (Fsp3) is 0.474. The number of cyclic esters (lactones) is 1. The maximum Gasteiger partial charge on any atom is 0.342 e. The van der Waals surface area contributed by atoms with Crippen LogP contribution in [0.5, 0.6) is 11.5 Å². The van der Waals surface area contributed by atoms with Crippen LogP contribution >= 0.6 is 0 Å². The van der Waals surface area contributed by atoms with Crippen LogP contribution in [0.1, 0.15) is 53.7 Å². The fourth-order valence-electron chi connectivity index (χ4n) is 2.94. The number of hydrogen-bond donors (Lipinski definition) is 1. The minimum absolute atomic E-state index is 0.0885. The molecule has 0 fully saturated rings. The van der Waals surface area contributed by atoms with Gasteiger partial charge in [0.05, 0.1) is 13.7 Å². The van der Waals surface area contributed by atoms with Crippen molar-refractivity contribution < 1.29 is 28.9 Å². The molecule has 0 radical (unpaired) electrons. The van der Waals surface area contributed by atoms with E-state index in [1.165, 1.54) is 7.11 Å². The van der Waals surface area contributed by atoms with Crippen LogP contribution < -0.4 is 4.74 Å². The van der Waals surface area contributed by atoms with Crippen LogP contribution in [0.25, 0.3) is 0 Å². The Balaban J connectivity index is 2.23. The third kappa shape index (κ3) is 3.95. The summed E-state index contributed by atoms with van der Waals surface area (Å²) in [5.74, 6) is -0.271. The lowest BCUT2D eigenvalue weighted by Crippen LogP contribution is -2.04. The minimum Gasteiger partial charge on any atom is -0.507 e. The highest BCUT2D eigenvalue weighted by Gasteiger charge is 2.31. The summed E-state index contributed by atoms with van der Waals surface area (Å²) in [5, 5.41) is 10.5. The summed E-state index contributed by atoms with van der Waals surface area (Å²) in [6.45, 7) is 6.06. The van der Waals surface area contributed by atoms with Crippen molar-refractivity contribution in [3.05, 3.63) is 33.9 Å². The number of fused-ring (bicyclic) bond motifs is 1. The number of benzene rings is 1. The van der Waals surface area contributed by atoms with E-state index >= 15 is 0 Å². The second kappa shape index (κ2) is 8.05. The Labute approximate surface area is 147 Å². The van der Waals surface area contributed by atoms with Gasteiger partial charge in [-0.3, -0.25) is 4.79 Å². The van der Waals surface area contributed by atoms with E-state index in [0.717, 1.165) is 11.1 Å². The van der Waals surface area contributed by atoms with Crippen LogP contribution in [0.3, 0.4) is 0 Å². The van der Waals surface area contributed by atoms with Crippen LogP contribution in [0, 0.1) is 6.92 Å². The van der Waals surface area contributed by atoms with Gasteiger partial charge in [0.1, 0.15) is 23.7 Å². The Morgan fingerprint density at radius 2 is 2.08 bits per heavy atom. The van der Waals surface area contributed by atoms with Crippen LogP contribution in [-0.4, -0.2) is 30.8 Å². The van der Waals surface area contributed by atoms with Crippen molar-refractivity contribution in [2.45, 2.75) is 46.6 Å². The number of carbonyl (C=O) groups excluding carboxylic acids is 2.